The second kappa shape index (κ2) is 8.34. The summed E-state index contributed by atoms with van der Waals surface area (Å²) in [7, 11) is -3.41. The van der Waals surface area contributed by atoms with Crippen LogP contribution in [0.2, 0.25) is 0 Å². The van der Waals surface area contributed by atoms with E-state index in [1.807, 2.05) is 98.3 Å². The minimum absolute atomic E-state index is 0.287. The van der Waals surface area contributed by atoms with E-state index in [1.54, 1.807) is 17.9 Å². The Hall–Kier alpha value is -2.69. The number of nitrogens with zero attached hydrogens (tertiary/aromatic N) is 2. The molecular weight excluding hydrogens is 439 g/mol. The molecule has 5 nitrogen and oxygen atoms in total. The Bertz CT molecular complexity index is 1120. The van der Waals surface area contributed by atoms with Crippen molar-refractivity contribution in [3.63, 3.8) is 0 Å². The molecule has 2 atom stereocenters. The summed E-state index contributed by atoms with van der Waals surface area (Å²) in [5.41, 5.74) is -1.44. The number of rotatable bonds is 6. The van der Waals surface area contributed by atoms with Gasteiger partial charge in [0.15, 0.2) is 5.54 Å². The molecule has 166 valence electrons. The lowest BCUT2D eigenvalue weighted by Gasteiger charge is -2.46. The van der Waals surface area contributed by atoms with Crippen molar-refractivity contribution in [2.75, 3.05) is 0 Å². The summed E-state index contributed by atoms with van der Waals surface area (Å²) in [5, 5.41) is 5.31. The highest BCUT2D eigenvalue weighted by molar-refractivity contribution is 7.77. The van der Waals surface area contributed by atoms with Crippen LogP contribution in [0, 0.1) is 0 Å². The van der Waals surface area contributed by atoms with Crippen molar-refractivity contribution in [2.24, 2.45) is 4.99 Å². The molecule has 2 aromatic carbocycles. The number of ether oxygens (including phenoxy) is 1. The number of carbonyl (C=O) groups excluding carboxylic acids is 1. The zero-order chi connectivity index (χ0) is 23.0. The molecule has 0 unspecified atom stereocenters. The van der Waals surface area contributed by atoms with E-state index in [1.165, 1.54) is 11.3 Å². The molecule has 0 N–H and O–H groups in total. The Morgan fingerprint density at radius 2 is 1.56 bits per heavy atom. The zero-order valence-electron chi connectivity index (χ0n) is 18.6. The number of aliphatic imine (C=N–C) groups is 1. The Kier molecular flexibility index (Phi) is 5.87. The molecule has 3 aromatic rings. The second-order valence-corrected chi connectivity index (χ2v) is 11.8. The van der Waals surface area contributed by atoms with E-state index in [-0.39, 0.29) is 6.10 Å². The molecule has 1 aliphatic heterocycles. The van der Waals surface area contributed by atoms with Crippen LogP contribution < -0.4 is 10.6 Å². The van der Waals surface area contributed by atoms with Crippen molar-refractivity contribution < 1.29 is 14.1 Å². The third kappa shape index (κ3) is 3.33. The summed E-state index contributed by atoms with van der Waals surface area (Å²) in [5.74, 6) is -0.437. The van der Waals surface area contributed by atoms with Crippen LogP contribution in [0.15, 0.2) is 82.5 Å². The first kappa shape index (κ1) is 22.5. The van der Waals surface area contributed by atoms with Gasteiger partial charge in [0, 0.05) is 10.6 Å². The van der Waals surface area contributed by atoms with E-state index in [4.69, 9.17) is 4.74 Å². The Morgan fingerprint density at radius 3 is 2.03 bits per heavy atom. The van der Waals surface area contributed by atoms with Gasteiger partial charge in [0.2, 0.25) is 7.29 Å². The Balaban J connectivity index is 1.97. The maximum atomic E-state index is 15.1. The van der Waals surface area contributed by atoms with Crippen molar-refractivity contribution in [3.8, 4) is 0 Å². The predicted octanol–water partition coefficient (Wildman–Crippen LogP) is 4.95. The van der Waals surface area contributed by atoms with E-state index in [9.17, 15) is 4.79 Å². The highest BCUT2D eigenvalue weighted by atomic mass is 32.1. The molecule has 0 radical (unpaired) electrons. The monoisotopic (exact) mass is 466 g/mol. The van der Waals surface area contributed by atoms with Crippen LogP contribution in [-0.4, -0.2) is 28.6 Å². The number of thiophene rings is 1. The number of hydrogen-bond donors (Lipinski definition) is 0. The largest absolute Gasteiger partial charge is 0.461 e. The molecule has 32 heavy (non-hydrogen) atoms. The van der Waals surface area contributed by atoms with E-state index >= 15 is 4.57 Å². The molecule has 2 heterocycles. The standard InChI is InChI=1S/C25H27N2O3PS/c1-19(2)30-23(28)24(3)25(4,20-15-16-32-17-20)27(18-26-24)31(29,21-11-7-5-8-12-21)22-13-9-6-10-14-22/h5-19H,1-4H3/t24-,25-/m0/s1. The van der Waals surface area contributed by atoms with Crippen LogP contribution in [0.5, 0.6) is 0 Å². The van der Waals surface area contributed by atoms with Gasteiger partial charge in [-0.25, -0.2) is 4.79 Å². The van der Waals surface area contributed by atoms with Gasteiger partial charge in [-0.2, -0.15) is 11.3 Å². The zero-order valence-corrected chi connectivity index (χ0v) is 20.3. The lowest BCUT2D eigenvalue weighted by Crippen LogP contribution is -2.57. The first-order valence-electron chi connectivity index (χ1n) is 10.5. The molecule has 0 saturated heterocycles. The summed E-state index contributed by atoms with van der Waals surface area (Å²) in [6.45, 7) is 7.34. The van der Waals surface area contributed by atoms with Gasteiger partial charge >= 0.3 is 5.97 Å². The molecular formula is C25H27N2O3PS. The van der Waals surface area contributed by atoms with Gasteiger partial charge in [-0.05, 0) is 74.4 Å². The molecule has 4 rings (SSSR count). The number of esters is 1. The van der Waals surface area contributed by atoms with Gasteiger partial charge in [-0.1, -0.05) is 36.4 Å². The van der Waals surface area contributed by atoms with E-state index in [2.05, 4.69) is 4.99 Å². The van der Waals surface area contributed by atoms with Gasteiger partial charge in [0.1, 0.15) is 5.54 Å². The summed E-state index contributed by atoms with van der Waals surface area (Å²) < 4.78 is 22.6. The Labute approximate surface area is 193 Å². The average molecular weight is 467 g/mol. The SMILES string of the molecule is CC(C)OC(=O)[C@]1(C)N=CN(P(=O)(c2ccccc2)c2ccccc2)[C@@]1(C)c1ccsc1. The summed E-state index contributed by atoms with van der Waals surface area (Å²) in [4.78, 5) is 18.1. The highest BCUT2D eigenvalue weighted by Gasteiger charge is 2.63. The van der Waals surface area contributed by atoms with Gasteiger partial charge < -0.3 is 4.74 Å². The molecule has 7 heteroatoms. The van der Waals surface area contributed by atoms with Crippen LogP contribution in [-0.2, 0) is 19.6 Å². The van der Waals surface area contributed by atoms with Gasteiger partial charge in [0.25, 0.3) is 0 Å². The first-order chi connectivity index (χ1) is 15.2. The van der Waals surface area contributed by atoms with Crippen LogP contribution in [0.3, 0.4) is 0 Å². The highest BCUT2D eigenvalue weighted by Crippen LogP contribution is 2.59. The quantitative estimate of drug-likeness (QED) is 0.381. The normalized spacial score (nSPS) is 23.0. The molecule has 1 aliphatic rings. The summed E-state index contributed by atoms with van der Waals surface area (Å²) >= 11 is 1.53. The molecule has 1 aromatic heterocycles. The van der Waals surface area contributed by atoms with Crippen LogP contribution in [0.25, 0.3) is 0 Å². The van der Waals surface area contributed by atoms with Crippen molar-refractivity contribution in [3.05, 3.63) is 83.1 Å². The lowest BCUT2D eigenvalue weighted by molar-refractivity contribution is -0.156. The third-order valence-corrected chi connectivity index (χ3v) is 9.96. The van der Waals surface area contributed by atoms with Gasteiger partial charge in [0.05, 0.1) is 12.4 Å². The predicted molar refractivity (Wildman–Crippen MR) is 131 cm³/mol. The maximum absolute atomic E-state index is 15.1. The lowest BCUT2D eigenvalue weighted by atomic mass is 9.76. The van der Waals surface area contributed by atoms with Crippen LogP contribution in [0.1, 0.15) is 33.3 Å². The molecule has 0 spiro atoms. The topological polar surface area (TPSA) is 59.0 Å². The molecule has 0 aliphatic carbocycles. The number of hydrogen-bond acceptors (Lipinski definition) is 5. The average Bonchev–Trinajstić information content (AvgIpc) is 3.43. The van der Waals surface area contributed by atoms with Crippen molar-refractivity contribution in [1.29, 1.82) is 0 Å². The van der Waals surface area contributed by atoms with Crippen molar-refractivity contribution in [2.45, 2.75) is 44.9 Å². The fourth-order valence-electron chi connectivity index (χ4n) is 4.18. The Morgan fingerprint density at radius 1 is 1.00 bits per heavy atom. The van der Waals surface area contributed by atoms with Crippen LogP contribution >= 0.6 is 18.6 Å². The summed E-state index contributed by atoms with van der Waals surface area (Å²) in [6.07, 6.45) is 1.30. The number of benzene rings is 2. The fraction of sp³-hybridized carbons (Fsp3) is 0.280. The molecule has 0 saturated carbocycles. The van der Waals surface area contributed by atoms with E-state index < -0.39 is 24.3 Å². The van der Waals surface area contributed by atoms with Crippen molar-refractivity contribution >= 4 is 41.5 Å². The minimum Gasteiger partial charge on any atom is -0.461 e. The smallest absolute Gasteiger partial charge is 0.336 e. The van der Waals surface area contributed by atoms with Gasteiger partial charge in [-0.3, -0.25) is 14.2 Å². The first-order valence-corrected chi connectivity index (χ1v) is 13.1. The minimum atomic E-state index is -3.41. The van der Waals surface area contributed by atoms with E-state index in [0.29, 0.717) is 10.6 Å². The van der Waals surface area contributed by atoms with E-state index in [0.717, 1.165) is 5.56 Å². The maximum Gasteiger partial charge on any atom is 0.336 e. The fourth-order valence-corrected chi connectivity index (χ4v) is 7.96. The second-order valence-electron chi connectivity index (χ2n) is 8.45. The molecule has 0 fully saturated rings. The third-order valence-electron chi connectivity index (χ3n) is 6.17. The van der Waals surface area contributed by atoms with Crippen molar-refractivity contribution in [1.82, 2.24) is 4.67 Å². The summed E-state index contributed by atoms with van der Waals surface area (Å²) in [6, 6.07) is 20.8. The molecule has 0 bridgehead atoms. The molecule has 0 amide bonds. The van der Waals surface area contributed by atoms with Gasteiger partial charge in [-0.15, -0.1) is 0 Å². The van der Waals surface area contributed by atoms with Crippen LogP contribution in [0.4, 0.5) is 0 Å². The number of carbonyl (C=O) groups is 1.